The number of carbonyl (C=O) groups is 1. The fourth-order valence-corrected chi connectivity index (χ4v) is 1.85. The molecule has 1 amide bonds. The maximum atomic E-state index is 11.7. The molecule has 92 valence electrons. The molecule has 5 heteroatoms. The number of thioether (sulfide) groups is 1. The molecule has 0 saturated carbocycles. The molecule has 3 nitrogen and oxygen atoms in total. The van der Waals surface area contributed by atoms with Gasteiger partial charge in [0.2, 0.25) is 5.91 Å². The molecule has 0 saturated heterocycles. The molecule has 0 fully saturated rings. The Morgan fingerprint density at radius 2 is 2.00 bits per heavy atom. The number of nitrogens with zero attached hydrogens (tertiary/aromatic N) is 1. The van der Waals surface area contributed by atoms with Crippen LogP contribution in [0.25, 0.3) is 0 Å². The van der Waals surface area contributed by atoms with E-state index in [-0.39, 0.29) is 30.4 Å². The minimum Gasteiger partial charge on any atom is -0.341 e. The molecule has 0 bridgehead atoms. The maximum Gasteiger partial charge on any atom is 0.239 e. The van der Waals surface area contributed by atoms with Crippen molar-refractivity contribution in [3.05, 3.63) is 0 Å². The lowest BCUT2D eigenvalue weighted by molar-refractivity contribution is -0.132. The van der Waals surface area contributed by atoms with Gasteiger partial charge in [-0.1, -0.05) is 13.8 Å². The summed E-state index contributed by atoms with van der Waals surface area (Å²) < 4.78 is 0. The monoisotopic (exact) mass is 254 g/mol. The molecule has 0 rings (SSSR count). The SMILES string of the molecule is CCSCC(C)N(C)C(=O)[C@@H](N)CC.Cl. The second-order valence-corrected chi connectivity index (χ2v) is 4.79. The van der Waals surface area contributed by atoms with Gasteiger partial charge in [-0.15, -0.1) is 12.4 Å². The Balaban J connectivity index is 0. The van der Waals surface area contributed by atoms with E-state index >= 15 is 0 Å². The van der Waals surface area contributed by atoms with Crippen LogP contribution in [0.15, 0.2) is 0 Å². The molecule has 0 aromatic carbocycles. The van der Waals surface area contributed by atoms with Gasteiger partial charge in [0.25, 0.3) is 0 Å². The van der Waals surface area contributed by atoms with Crippen LogP contribution < -0.4 is 5.73 Å². The third kappa shape index (κ3) is 6.28. The quantitative estimate of drug-likeness (QED) is 0.786. The Morgan fingerprint density at radius 3 is 2.40 bits per heavy atom. The normalized spacial score (nSPS) is 13.9. The molecule has 0 radical (unpaired) electrons. The summed E-state index contributed by atoms with van der Waals surface area (Å²) in [5, 5.41) is 0. The van der Waals surface area contributed by atoms with E-state index in [9.17, 15) is 4.79 Å². The number of nitrogens with two attached hydrogens (primary N) is 1. The summed E-state index contributed by atoms with van der Waals surface area (Å²) in [7, 11) is 1.83. The van der Waals surface area contributed by atoms with Gasteiger partial charge >= 0.3 is 0 Å². The molecule has 0 aliphatic carbocycles. The van der Waals surface area contributed by atoms with E-state index in [1.807, 2.05) is 25.7 Å². The molecule has 0 spiro atoms. The number of rotatable bonds is 6. The van der Waals surface area contributed by atoms with Crippen LogP contribution in [-0.4, -0.2) is 41.4 Å². The van der Waals surface area contributed by atoms with Gasteiger partial charge in [0.05, 0.1) is 6.04 Å². The molecular weight excluding hydrogens is 232 g/mol. The van der Waals surface area contributed by atoms with E-state index in [1.54, 1.807) is 4.90 Å². The van der Waals surface area contributed by atoms with Crippen molar-refractivity contribution in [3.63, 3.8) is 0 Å². The molecule has 0 aromatic rings. The van der Waals surface area contributed by atoms with E-state index in [2.05, 4.69) is 13.8 Å². The summed E-state index contributed by atoms with van der Waals surface area (Å²) in [6, 6.07) is -0.0703. The van der Waals surface area contributed by atoms with Crippen molar-refractivity contribution < 1.29 is 4.79 Å². The number of carbonyl (C=O) groups excluding carboxylic acids is 1. The second kappa shape index (κ2) is 9.31. The van der Waals surface area contributed by atoms with Crippen LogP contribution in [0.3, 0.4) is 0 Å². The summed E-state index contributed by atoms with van der Waals surface area (Å²) in [4.78, 5) is 13.4. The predicted molar refractivity (Wildman–Crippen MR) is 70.7 cm³/mol. The van der Waals surface area contributed by atoms with Crippen molar-refractivity contribution in [3.8, 4) is 0 Å². The predicted octanol–water partition coefficient (Wildman–Crippen LogP) is 1.75. The zero-order chi connectivity index (χ0) is 11.1. The van der Waals surface area contributed by atoms with Gasteiger partial charge < -0.3 is 10.6 Å². The molecular formula is C10H23ClN2OS. The van der Waals surface area contributed by atoms with Crippen molar-refractivity contribution >= 4 is 30.1 Å². The number of hydrogen-bond donors (Lipinski definition) is 1. The molecule has 2 atom stereocenters. The third-order valence-electron chi connectivity index (χ3n) is 2.33. The summed E-state index contributed by atoms with van der Waals surface area (Å²) >= 11 is 1.85. The summed E-state index contributed by atoms with van der Waals surface area (Å²) in [5.41, 5.74) is 5.69. The lowest BCUT2D eigenvalue weighted by Gasteiger charge is -2.26. The standard InChI is InChI=1S/C10H22N2OS.ClH/c1-5-9(11)10(13)12(4)8(3)7-14-6-2;/h8-9H,5-7,11H2,1-4H3;1H/t8?,9-;/m0./s1. The van der Waals surface area contributed by atoms with E-state index in [0.717, 1.165) is 11.5 Å². The van der Waals surface area contributed by atoms with Crippen LogP contribution in [0.5, 0.6) is 0 Å². The molecule has 0 aliphatic heterocycles. The highest BCUT2D eigenvalue weighted by atomic mass is 35.5. The first-order valence-corrected chi connectivity index (χ1v) is 6.30. The zero-order valence-electron chi connectivity index (χ0n) is 10.0. The average molecular weight is 255 g/mol. The van der Waals surface area contributed by atoms with Crippen molar-refractivity contribution in [1.29, 1.82) is 0 Å². The summed E-state index contributed by atoms with van der Waals surface area (Å²) in [6.45, 7) is 6.11. The minimum atomic E-state index is -0.339. The van der Waals surface area contributed by atoms with E-state index in [1.165, 1.54) is 0 Å². The topological polar surface area (TPSA) is 46.3 Å². The van der Waals surface area contributed by atoms with Crippen LogP contribution in [0, 0.1) is 0 Å². The van der Waals surface area contributed by atoms with Crippen molar-refractivity contribution in [2.24, 2.45) is 5.73 Å². The molecule has 0 aliphatic rings. The van der Waals surface area contributed by atoms with Gasteiger partial charge in [-0.2, -0.15) is 11.8 Å². The van der Waals surface area contributed by atoms with E-state index in [0.29, 0.717) is 6.42 Å². The summed E-state index contributed by atoms with van der Waals surface area (Å²) in [6.07, 6.45) is 0.705. The Bertz CT molecular complexity index is 181. The van der Waals surface area contributed by atoms with Crippen molar-refractivity contribution in [2.45, 2.75) is 39.3 Å². The lowest BCUT2D eigenvalue weighted by Crippen LogP contribution is -2.46. The van der Waals surface area contributed by atoms with Gasteiger partial charge in [-0.25, -0.2) is 0 Å². The van der Waals surface area contributed by atoms with Crippen LogP contribution in [0.2, 0.25) is 0 Å². The minimum absolute atomic E-state index is 0. The van der Waals surface area contributed by atoms with Crippen LogP contribution in [-0.2, 0) is 4.79 Å². The van der Waals surface area contributed by atoms with Crippen LogP contribution in [0.1, 0.15) is 27.2 Å². The fourth-order valence-electron chi connectivity index (χ4n) is 1.05. The summed E-state index contributed by atoms with van der Waals surface area (Å²) in [5.74, 6) is 2.12. The smallest absolute Gasteiger partial charge is 0.239 e. The van der Waals surface area contributed by atoms with Crippen LogP contribution in [0.4, 0.5) is 0 Å². The first-order valence-electron chi connectivity index (χ1n) is 5.14. The Morgan fingerprint density at radius 1 is 1.47 bits per heavy atom. The Labute approximate surface area is 104 Å². The third-order valence-corrected chi connectivity index (χ3v) is 3.46. The Kier molecular flexibility index (Phi) is 10.8. The van der Waals surface area contributed by atoms with Crippen molar-refractivity contribution in [1.82, 2.24) is 4.90 Å². The maximum absolute atomic E-state index is 11.7. The van der Waals surface area contributed by atoms with Gasteiger partial charge in [0.1, 0.15) is 0 Å². The van der Waals surface area contributed by atoms with E-state index in [4.69, 9.17) is 5.73 Å². The number of hydrogen-bond acceptors (Lipinski definition) is 3. The lowest BCUT2D eigenvalue weighted by atomic mass is 10.2. The van der Waals surface area contributed by atoms with Gasteiger partial charge in [-0.3, -0.25) is 4.79 Å². The van der Waals surface area contributed by atoms with Crippen molar-refractivity contribution in [2.75, 3.05) is 18.6 Å². The molecule has 2 N–H and O–H groups in total. The largest absolute Gasteiger partial charge is 0.341 e. The van der Waals surface area contributed by atoms with Gasteiger partial charge in [0, 0.05) is 18.8 Å². The molecule has 15 heavy (non-hydrogen) atoms. The van der Waals surface area contributed by atoms with Crippen LogP contribution >= 0.6 is 24.2 Å². The van der Waals surface area contributed by atoms with Gasteiger partial charge in [-0.05, 0) is 19.1 Å². The highest BCUT2D eigenvalue weighted by Crippen LogP contribution is 2.08. The second-order valence-electron chi connectivity index (χ2n) is 3.47. The molecule has 0 aromatic heterocycles. The average Bonchev–Trinajstić information content (AvgIpc) is 2.22. The first kappa shape index (κ1) is 17.5. The first-order chi connectivity index (χ1) is 6.54. The number of halogens is 1. The Hall–Kier alpha value is 0.0700. The number of amides is 1. The van der Waals surface area contributed by atoms with Gasteiger partial charge in [0.15, 0.2) is 0 Å². The number of likely N-dealkylation sites (N-methyl/N-ethyl adjacent to an activating group) is 1. The zero-order valence-corrected chi connectivity index (χ0v) is 11.7. The fraction of sp³-hybridized carbons (Fsp3) is 0.900. The van der Waals surface area contributed by atoms with E-state index < -0.39 is 0 Å². The molecule has 1 unspecified atom stereocenters. The highest BCUT2D eigenvalue weighted by molar-refractivity contribution is 7.99. The highest BCUT2D eigenvalue weighted by Gasteiger charge is 2.20. The molecule has 0 heterocycles.